The van der Waals surface area contributed by atoms with Gasteiger partial charge in [0.25, 0.3) is 0 Å². The van der Waals surface area contributed by atoms with Crippen molar-refractivity contribution in [2.75, 3.05) is 53.3 Å². The molecule has 4 nitrogen and oxygen atoms in total. The van der Waals surface area contributed by atoms with Crippen LogP contribution in [0.25, 0.3) is 0 Å². The molecule has 0 aromatic carbocycles. The predicted molar refractivity (Wildman–Crippen MR) is 76.7 cm³/mol. The fraction of sp³-hybridized carbons (Fsp3) is 1.00. The van der Waals surface area contributed by atoms with E-state index in [9.17, 15) is 0 Å². The maximum absolute atomic E-state index is 5.32. The van der Waals surface area contributed by atoms with Gasteiger partial charge in [-0.25, -0.2) is 0 Å². The fourth-order valence-electron chi connectivity index (χ4n) is 1.65. The number of methoxy groups -OCH3 is 2. The van der Waals surface area contributed by atoms with Crippen molar-refractivity contribution in [3.05, 3.63) is 0 Å². The zero-order valence-electron chi connectivity index (χ0n) is 12.3. The highest BCUT2D eigenvalue weighted by atomic mass is 31.1. The molecule has 0 radical (unpaired) electrons. The van der Waals surface area contributed by atoms with Gasteiger partial charge in [-0.05, 0) is 30.8 Å². The minimum Gasteiger partial charge on any atom is -0.359 e. The lowest BCUT2D eigenvalue weighted by atomic mass is 10.5. The summed E-state index contributed by atoms with van der Waals surface area (Å²) >= 11 is 0. The normalized spacial score (nSPS) is 11.7. The van der Waals surface area contributed by atoms with Crippen LogP contribution in [0.1, 0.15) is 26.7 Å². The summed E-state index contributed by atoms with van der Waals surface area (Å²) < 4.78 is 20.3. The predicted octanol–water partition coefficient (Wildman–Crippen LogP) is 2.90. The highest BCUT2D eigenvalue weighted by Gasteiger charge is 2.11. The maximum atomic E-state index is 5.32. The fourth-order valence-corrected chi connectivity index (χ4v) is 3.98. The molecule has 0 aliphatic heterocycles. The summed E-state index contributed by atoms with van der Waals surface area (Å²) in [6.45, 7) is 7.06. The zero-order chi connectivity index (χ0) is 13.6. The molecule has 0 aromatic rings. The first-order valence-corrected chi connectivity index (χ1v) is 8.38. The topological polar surface area (TPSA) is 36.9 Å². The van der Waals surface area contributed by atoms with E-state index in [0.717, 1.165) is 31.7 Å². The molecule has 0 aliphatic rings. The average Bonchev–Trinajstić information content (AvgIpc) is 2.35. The van der Waals surface area contributed by atoms with Crippen molar-refractivity contribution in [3.8, 4) is 0 Å². The molecule has 0 N–H and O–H groups in total. The smallest absolute Gasteiger partial charge is 0.146 e. The van der Waals surface area contributed by atoms with Crippen LogP contribution < -0.4 is 0 Å². The van der Waals surface area contributed by atoms with E-state index < -0.39 is 0 Å². The van der Waals surface area contributed by atoms with Crippen LogP contribution in [-0.4, -0.2) is 59.0 Å². The molecule has 0 atom stereocenters. The van der Waals surface area contributed by atoms with Crippen molar-refractivity contribution >= 4 is 7.92 Å². The summed E-state index contributed by atoms with van der Waals surface area (Å²) in [5.74, 6) is 0. The third kappa shape index (κ3) is 11.4. The van der Waals surface area contributed by atoms with E-state index in [2.05, 4.69) is 13.8 Å². The Morgan fingerprint density at radius 2 is 1.28 bits per heavy atom. The molecule has 18 heavy (non-hydrogen) atoms. The highest BCUT2D eigenvalue weighted by Crippen LogP contribution is 2.42. The van der Waals surface area contributed by atoms with Crippen molar-refractivity contribution in [2.24, 2.45) is 0 Å². The van der Waals surface area contributed by atoms with Gasteiger partial charge >= 0.3 is 0 Å². The zero-order valence-corrected chi connectivity index (χ0v) is 13.2. The maximum Gasteiger partial charge on any atom is 0.146 e. The van der Waals surface area contributed by atoms with E-state index in [1.54, 1.807) is 14.2 Å². The van der Waals surface area contributed by atoms with Crippen LogP contribution in [0, 0.1) is 0 Å². The lowest BCUT2D eigenvalue weighted by Crippen LogP contribution is -2.07. The van der Waals surface area contributed by atoms with Gasteiger partial charge in [0.2, 0.25) is 0 Å². The first-order chi connectivity index (χ1) is 8.72. The molecule has 0 fully saturated rings. The minimum atomic E-state index is 0.0970. The first kappa shape index (κ1) is 18.3. The molecule has 0 spiro atoms. The van der Waals surface area contributed by atoms with Crippen LogP contribution >= 0.6 is 7.92 Å². The second-order valence-corrected chi connectivity index (χ2v) is 7.57. The quantitative estimate of drug-likeness (QED) is 0.295. The van der Waals surface area contributed by atoms with Crippen molar-refractivity contribution < 1.29 is 18.9 Å². The summed E-state index contributed by atoms with van der Waals surface area (Å²) in [4.78, 5) is 0. The number of ether oxygens (including phenoxy) is 4. The second-order valence-electron chi connectivity index (χ2n) is 4.47. The van der Waals surface area contributed by atoms with Crippen LogP contribution in [0.3, 0.4) is 0 Å². The highest BCUT2D eigenvalue weighted by molar-refractivity contribution is 7.58. The Balaban J connectivity index is 3.53. The summed E-state index contributed by atoms with van der Waals surface area (Å²) in [5.41, 5.74) is 0.782. The SMILES string of the molecule is COCOCCCP(CCCOCOC)C(C)C. The first-order valence-electron chi connectivity index (χ1n) is 6.59. The summed E-state index contributed by atoms with van der Waals surface area (Å²) in [6, 6.07) is 0. The molecule has 5 heteroatoms. The number of hydrogen-bond acceptors (Lipinski definition) is 4. The van der Waals surface area contributed by atoms with E-state index in [0.29, 0.717) is 13.6 Å². The third-order valence-electron chi connectivity index (χ3n) is 2.60. The van der Waals surface area contributed by atoms with Crippen LogP contribution in [0.4, 0.5) is 0 Å². The molecule has 0 rings (SSSR count). The standard InChI is InChI=1S/C13H29O4P/c1-13(2)18(9-5-7-16-11-14-3)10-6-8-17-12-15-4/h13H,5-12H2,1-4H3. The Labute approximate surface area is 113 Å². The Kier molecular flexibility index (Phi) is 13.9. The lowest BCUT2D eigenvalue weighted by Gasteiger charge is -2.21. The van der Waals surface area contributed by atoms with Gasteiger partial charge in [-0.1, -0.05) is 13.8 Å². The van der Waals surface area contributed by atoms with Crippen molar-refractivity contribution in [1.29, 1.82) is 0 Å². The third-order valence-corrected chi connectivity index (χ3v) is 5.84. The van der Waals surface area contributed by atoms with Gasteiger partial charge in [0, 0.05) is 27.4 Å². The van der Waals surface area contributed by atoms with E-state index in [4.69, 9.17) is 18.9 Å². The summed E-state index contributed by atoms with van der Waals surface area (Å²) in [5, 5.41) is 0. The minimum absolute atomic E-state index is 0.0970. The van der Waals surface area contributed by atoms with Crippen LogP contribution in [0.15, 0.2) is 0 Å². The monoisotopic (exact) mass is 280 g/mol. The second kappa shape index (κ2) is 13.7. The van der Waals surface area contributed by atoms with E-state index >= 15 is 0 Å². The summed E-state index contributed by atoms with van der Waals surface area (Å²) in [7, 11) is 3.40. The molecule has 0 unspecified atom stereocenters. The van der Waals surface area contributed by atoms with Gasteiger partial charge in [0.15, 0.2) is 0 Å². The summed E-state index contributed by atoms with van der Waals surface area (Å²) in [6.07, 6.45) is 4.82. The van der Waals surface area contributed by atoms with Gasteiger partial charge in [0.05, 0.1) is 0 Å². The number of rotatable bonds is 13. The lowest BCUT2D eigenvalue weighted by molar-refractivity contribution is -0.0300. The molecule has 0 saturated heterocycles. The largest absolute Gasteiger partial charge is 0.359 e. The van der Waals surface area contributed by atoms with Gasteiger partial charge in [-0.2, -0.15) is 0 Å². The molecule has 110 valence electrons. The van der Waals surface area contributed by atoms with Crippen LogP contribution in [0.5, 0.6) is 0 Å². The Morgan fingerprint density at radius 3 is 1.61 bits per heavy atom. The van der Waals surface area contributed by atoms with Crippen LogP contribution in [0.2, 0.25) is 0 Å². The molecule has 0 aromatic heterocycles. The molecule has 0 aliphatic carbocycles. The Bertz CT molecular complexity index is 153. The van der Waals surface area contributed by atoms with Crippen molar-refractivity contribution in [1.82, 2.24) is 0 Å². The molecule has 0 amide bonds. The molecule has 0 saturated carbocycles. The Hall–Kier alpha value is 0.270. The Morgan fingerprint density at radius 1 is 0.833 bits per heavy atom. The van der Waals surface area contributed by atoms with E-state index in [1.807, 2.05) is 0 Å². The van der Waals surface area contributed by atoms with Gasteiger partial charge in [-0.15, -0.1) is 7.92 Å². The van der Waals surface area contributed by atoms with Crippen molar-refractivity contribution in [2.45, 2.75) is 32.3 Å². The number of hydrogen-bond donors (Lipinski definition) is 0. The molecular weight excluding hydrogens is 251 g/mol. The molecule has 0 bridgehead atoms. The molecular formula is C13H29O4P. The molecule has 0 heterocycles. The van der Waals surface area contributed by atoms with E-state index in [1.165, 1.54) is 12.3 Å². The average molecular weight is 280 g/mol. The van der Waals surface area contributed by atoms with E-state index in [-0.39, 0.29) is 7.92 Å². The van der Waals surface area contributed by atoms with Crippen LogP contribution in [-0.2, 0) is 18.9 Å². The van der Waals surface area contributed by atoms with Gasteiger partial charge in [0.1, 0.15) is 13.6 Å². The van der Waals surface area contributed by atoms with Gasteiger partial charge < -0.3 is 18.9 Å². The van der Waals surface area contributed by atoms with Gasteiger partial charge in [-0.3, -0.25) is 0 Å². The van der Waals surface area contributed by atoms with Crippen molar-refractivity contribution in [3.63, 3.8) is 0 Å².